The van der Waals surface area contributed by atoms with Crippen molar-refractivity contribution in [2.75, 3.05) is 0 Å². The molecule has 7 rings (SSSR count). The summed E-state index contributed by atoms with van der Waals surface area (Å²) in [6, 6.07) is 49.2. The predicted octanol–water partition coefficient (Wildman–Crippen LogP) is 10.4. The monoisotopic (exact) mass is 727 g/mol. The van der Waals surface area contributed by atoms with Crippen LogP contribution in [0.1, 0.15) is 0 Å². The van der Waals surface area contributed by atoms with E-state index in [1.165, 1.54) is 18.2 Å². The maximum atomic E-state index is 10.5. The van der Waals surface area contributed by atoms with E-state index < -0.39 is 23.7 Å². The molecular formula is C36H32N3O8P3+2. The number of hydrogen-bond donors (Lipinski definition) is 4. The molecule has 6 aromatic rings. The Morgan fingerprint density at radius 3 is 1.22 bits per heavy atom. The molecule has 0 fully saturated rings. The molecule has 1 aliphatic heterocycles. The highest BCUT2D eigenvalue weighted by Gasteiger charge is 2.75. The van der Waals surface area contributed by atoms with Crippen LogP contribution < -0.4 is 36.9 Å². The normalized spacial score (nSPS) is 17.4. The summed E-state index contributed by atoms with van der Waals surface area (Å²) in [7, 11) is -11.6. The van der Waals surface area contributed by atoms with E-state index in [0.29, 0.717) is 28.7 Å². The number of hydrogen-bond acceptors (Lipinski definition) is 11. The van der Waals surface area contributed by atoms with E-state index in [1.807, 2.05) is 78.9 Å². The second kappa shape index (κ2) is 14.7. The summed E-state index contributed by atoms with van der Waals surface area (Å²) >= 11 is 0. The van der Waals surface area contributed by atoms with Crippen LogP contribution in [0.4, 0.5) is 0 Å². The van der Waals surface area contributed by atoms with Crippen LogP contribution in [0.15, 0.2) is 174 Å². The first-order valence-corrected chi connectivity index (χ1v) is 20.1. The van der Waals surface area contributed by atoms with E-state index in [0.717, 1.165) is 0 Å². The molecule has 0 radical (unpaired) electrons. The molecule has 0 saturated carbocycles. The van der Waals surface area contributed by atoms with E-state index in [9.17, 15) is 10.2 Å². The fourth-order valence-electron chi connectivity index (χ4n) is 4.74. The molecule has 0 spiro atoms. The third-order valence-electron chi connectivity index (χ3n) is 6.73. The Balaban J connectivity index is 1.50. The van der Waals surface area contributed by atoms with Gasteiger partial charge in [0, 0.05) is 23.1 Å². The Bertz CT molecular complexity index is 1960. The minimum absolute atomic E-state index is 0.0416. The molecular weight excluding hydrogens is 695 g/mol. The van der Waals surface area contributed by atoms with Crippen LogP contribution in [-0.2, 0) is 0 Å². The first-order valence-electron chi connectivity index (χ1n) is 15.3. The third kappa shape index (κ3) is 8.29. The van der Waals surface area contributed by atoms with Gasteiger partial charge in [0.25, 0.3) is 0 Å². The number of nitrogens with one attached hydrogen (secondary N) is 2. The molecule has 1 unspecified atom stereocenters. The zero-order valence-corrected chi connectivity index (χ0v) is 29.0. The largest absolute Gasteiger partial charge is 0.617 e. The van der Waals surface area contributed by atoms with Gasteiger partial charge < -0.3 is 19.3 Å². The number of aromatic hydroxyl groups is 2. The van der Waals surface area contributed by atoms with Gasteiger partial charge in [0.1, 0.15) is 27.9 Å². The van der Waals surface area contributed by atoms with Gasteiger partial charge in [-0.15, -0.1) is 0 Å². The Kier molecular flexibility index (Phi) is 9.76. The standard InChI is InChI=1S/C36H30N3O8P3/c40-29-26-30(41)28-36(27-29)47-50(46-35-24-14-5-15-25-35)38-48(42-31-16-6-1-7-17-31,43-32-18-8-2-9-19-32)37-49(39-50,44-33-20-10-3-11-21-33)45-34-22-12-4-13-23-34/h1-28,37-38H/p+2. The molecule has 1 aliphatic rings. The lowest BCUT2D eigenvalue weighted by Gasteiger charge is -2.34. The topological polar surface area (TPSA) is 132 Å². The quantitative estimate of drug-likeness (QED) is 0.0903. The van der Waals surface area contributed by atoms with Crippen LogP contribution in [0.5, 0.6) is 46.0 Å². The summed E-state index contributed by atoms with van der Waals surface area (Å²) in [6.07, 6.45) is 0. The van der Waals surface area contributed by atoms with Crippen molar-refractivity contribution in [3.05, 3.63) is 170 Å². The number of phenolic OH excluding ortho intramolecular Hbond substituents is 2. The number of phenols is 2. The van der Waals surface area contributed by atoms with Gasteiger partial charge in [0.2, 0.25) is 0 Å². The molecule has 11 nitrogen and oxygen atoms in total. The fraction of sp³-hybridized carbons (Fsp3) is 0. The van der Waals surface area contributed by atoms with Gasteiger partial charge in [-0.2, -0.15) is 0 Å². The minimum Gasteiger partial charge on any atom is -0.508 e. The Hall–Kier alpha value is -5.27. The lowest BCUT2D eigenvalue weighted by Crippen LogP contribution is -2.41. The maximum absolute atomic E-state index is 10.5. The molecule has 4 N–H and O–H groups in total. The van der Waals surface area contributed by atoms with Crippen LogP contribution in [0.25, 0.3) is 0 Å². The molecule has 1 heterocycles. The van der Waals surface area contributed by atoms with Gasteiger partial charge in [-0.05, 0) is 60.7 Å². The molecule has 0 aromatic heterocycles. The smallest absolute Gasteiger partial charge is 0.508 e. The molecule has 50 heavy (non-hydrogen) atoms. The van der Waals surface area contributed by atoms with E-state index in [4.69, 9.17) is 31.7 Å². The zero-order chi connectivity index (χ0) is 34.3. The average molecular weight is 728 g/mol. The Morgan fingerprint density at radius 1 is 0.440 bits per heavy atom. The fourth-order valence-corrected chi connectivity index (χ4v) is 14.7. The summed E-state index contributed by atoms with van der Waals surface area (Å²) in [4.78, 5) is 6.85. The van der Waals surface area contributed by atoms with Gasteiger partial charge in [0.15, 0.2) is 23.0 Å². The second-order valence-electron chi connectivity index (χ2n) is 10.7. The zero-order valence-electron chi connectivity index (χ0n) is 26.3. The van der Waals surface area contributed by atoms with Crippen molar-refractivity contribution in [1.29, 1.82) is 0 Å². The lowest BCUT2D eigenvalue weighted by atomic mass is 10.3. The third-order valence-corrected chi connectivity index (χ3v) is 15.5. The summed E-state index contributed by atoms with van der Waals surface area (Å²) in [5, 5.41) is 20.9. The van der Waals surface area contributed by atoms with Gasteiger partial charge in [0.05, 0.1) is 4.52 Å². The molecule has 0 bridgehead atoms. The molecule has 1 atom stereocenters. The van der Waals surface area contributed by atoms with E-state index in [-0.39, 0.29) is 17.2 Å². The molecule has 6 aromatic carbocycles. The van der Waals surface area contributed by atoms with Crippen molar-refractivity contribution in [2.24, 2.45) is 4.52 Å². The van der Waals surface area contributed by atoms with Crippen LogP contribution >= 0.6 is 23.7 Å². The van der Waals surface area contributed by atoms with E-state index in [2.05, 4.69) is 9.72 Å². The van der Waals surface area contributed by atoms with Crippen LogP contribution in [0.2, 0.25) is 0 Å². The van der Waals surface area contributed by atoms with Crippen molar-refractivity contribution in [3.8, 4) is 46.0 Å². The highest BCUT2D eigenvalue weighted by molar-refractivity contribution is 7.89. The minimum atomic E-state index is -3.98. The molecule has 252 valence electrons. The number of benzene rings is 6. The lowest BCUT2D eigenvalue weighted by molar-refractivity contribution is 0.401. The first kappa shape index (κ1) is 33.2. The van der Waals surface area contributed by atoms with Crippen LogP contribution in [-0.4, -0.2) is 10.2 Å². The van der Waals surface area contributed by atoms with Gasteiger partial charge >= 0.3 is 23.7 Å². The average Bonchev–Trinajstić information content (AvgIpc) is 3.09. The summed E-state index contributed by atoms with van der Waals surface area (Å²) in [6.45, 7) is 0. The summed E-state index contributed by atoms with van der Waals surface area (Å²) in [5.41, 5.74) is 0. The Labute approximate surface area is 290 Å². The van der Waals surface area contributed by atoms with Crippen molar-refractivity contribution in [2.45, 2.75) is 0 Å². The van der Waals surface area contributed by atoms with E-state index in [1.54, 1.807) is 72.8 Å². The second-order valence-corrected chi connectivity index (χ2v) is 17.3. The first-order chi connectivity index (χ1) is 24.4. The number of para-hydroxylation sites is 5. The molecule has 14 heteroatoms. The van der Waals surface area contributed by atoms with Gasteiger partial charge in [-0.3, -0.25) is 18.1 Å². The van der Waals surface area contributed by atoms with Crippen molar-refractivity contribution in [3.63, 3.8) is 0 Å². The number of nitrogens with zero attached hydrogens (tertiary/aromatic N) is 1. The van der Waals surface area contributed by atoms with Crippen molar-refractivity contribution < 1.29 is 37.4 Å². The summed E-state index contributed by atoms with van der Waals surface area (Å²) < 4.78 is 45.7. The number of rotatable bonds is 12. The van der Waals surface area contributed by atoms with Gasteiger partial charge in [-0.1, -0.05) is 91.0 Å². The predicted molar refractivity (Wildman–Crippen MR) is 195 cm³/mol. The van der Waals surface area contributed by atoms with Crippen molar-refractivity contribution in [1.82, 2.24) is 9.72 Å². The SMILES string of the molecule is Oc1cc(O)cc(O[P+]2(Oc3ccccc3)N=P(Oc3ccccc3)(Oc3ccccc3)N[P+](Oc3ccccc3)(Oc3ccccc3)N2)c1. The highest BCUT2D eigenvalue weighted by Crippen LogP contribution is 2.79. The van der Waals surface area contributed by atoms with Gasteiger partial charge in [-0.25, -0.2) is 0 Å². The van der Waals surface area contributed by atoms with Crippen LogP contribution in [0.3, 0.4) is 0 Å². The Morgan fingerprint density at radius 2 is 0.800 bits per heavy atom. The molecule has 0 aliphatic carbocycles. The maximum Gasteiger partial charge on any atom is 0.617 e. The summed E-state index contributed by atoms with van der Waals surface area (Å²) in [5.74, 6) is 1.71. The van der Waals surface area contributed by atoms with E-state index >= 15 is 0 Å². The highest BCUT2D eigenvalue weighted by atomic mass is 31.3. The van der Waals surface area contributed by atoms with Crippen LogP contribution in [0, 0.1) is 0 Å². The molecule has 0 saturated heterocycles. The molecule has 0 amide bonds. The van der Waals surface area contributed by atoms with Crippen molar-refractivity contribution >= 4 is 23.7 Å².